The summed E-state index contributed by atoms with van der Waals surface area (Å²) in [5, 5.41) is 7.10. The Bertz CT molecular complexity index is 959. The van der Waals surface area contributed by atoms with E-state index in [1.165, 1.54) is 7.11 Å². The minimum Gasteiger partial charge on any atom is -0.465 e. The molecule has 8 nitrogen and oxygen atoms in total. The predicted octanol–water partition coefficient (Wildman–Crippen LogP) is 2.50. The van der Waals surface area contributed by atoms with Crippen molar-refractivity contribution in [2.45, 2.75) is 26.8 Å². The topological polar surface area (TPSA) is 102 Å². The van der Waals surface area contributed by atoms with Crippen molar-refractivity contribution in [2.24, 2.45) is 0 Å². The number of aromatic amines is 1. The lowest BCUT2D eigenvalue weighted by atomic mass is 10.1. The summed E-state index contributed by atoms with van der Waals surface area (Å²) in [7, 11) is 1.31. The molecule has 0 aromatic carbocycles. The Labute approximate surface area is 156 Å². The molecule has 27 heavy (non-hydrogen) atoms. The second-order valence-corrected chi connectivity index (χ2v) is 6.11. The maximum Gasteiger partial charge on any atom is 0.339 e. The lowest BCUT2D eigenvalue weighted by Crippen LogP contribution is -2.15. The van der Waals surface area contributed by atoms with Crippen LogP contribution >= 0.6 is 0 Å². The number of aromatic nitrogens is 4. The van der Waals surface area contributed by atoms with Gasteiger partial charge in [-0.15, -0.1) is 0 Å². The van der Waals surface area contributed by atoms with Crippen molar-refractivity contribution in [3.8, 4) is 0 Å². The van der Waals surface area contributed by atoms with Crippen molar-refractivity contribution in [1.29, 1.82) is 0 Å². The van der Waals surface area contributed by atoms with E-state index in [1.54, 1.807) is 37.0 Å². The fourth-order valence-corrected chi connectivity index (χ4v) is 2.89. The van der Waals surface area contributed by atoms with E-state index in [-0.39, 0.29) is 5.91 Å². The molecule has 0 fully saturated rings. The summed E-state index contributed by atoms with van der Waals surface area (Å²) in [6, 6.07) is 7.51. The number of nitrogens with one attached hydrogen (secondary N) is 2. The number of ether oxygens (including phenoxy) is 1. The Balaban J connectivity index is 1.67. The second-order valence-electron chi connectivity index (χ2n) is 6.11. The molecule has 8 heteroatoms. The number of aryl methyl sites for hydroxylation is 3. The van der Waals surface area contributed by atoms with E-state index in [1.807, 2.05) is 18.2 Å². The summed E-state index contributed by atoms with van der Waals surface area (Å²) in [6.07, 6.45) is 4.30. The van der Waals surface area contributed by atoms with Gasteiger partial charge in [0.25, 0.3) is 5.91 Å². The van der Waals surface area contributed by atoms with E-state index in [0.717, 1.165) is 12.1 Å². The maximum absolute atomic E-state index is 12.5. The van der Waals surface area contributed by atoms with Crippen LogP contribution in [0.15, 0.2) is 36.7 Å². The monoisotopic (exact) mass is 367 g/mol. The molecule has 0 spiro atoms. The molecule has 3 aromatic rings. The van der Waals surface area contributed by atoms with Crippen LogP contribution in [0.3, 0.4) is 0 Å². The lowest BCUT2D eigenvalue weighted by molar-refractivity contribution is 0.0599. The number of hydrogen-bond donors (Lipinski definition) is 2. The zero-order chi connectivity index (χ0) is 19.4. The number of hydrogen-bond acceptors (Lipinski definition) is 5. The number of pyridine rings is 1. The van der Waals surface area contributed by atoms with E-state index in [4.69, 9.17) is 4.74 Å². The molecule has 3 aromatic heterocycles. The molecular weight excluding hydrogens is 346 g/mol. The van der Waals surface area contributed by atoms with Gasteiger partial charge in [-0.1, -0.05) is 6.07 Å². The minimum atomic E-state index is -0.473. The molecule has 0 atom stereocenters. The van der Waals surface area contributed by atoms with Crippen LogP contribution in [-0.2, 0) is 17.7 Å². The second kappa shape index (κ2) is 7.86. The number of anilines is 1. The SMILES string of the molecule is COC(=O)c1c(C)[nH]c(C(=O)Nc2ccn(CCc3ccccn3)n2)c1C. The summed E-state index contributed by atoms with van der Waals surface area (Å²) >= 11 is 0. The summed E-state index contributed by atoms with van der Waals surface area (Å²) in [5.41, 5.74) is 2.81. The zero-order valence-corrected chi connectivity index (χ0v) is 15.4. The normalized spacial score (nSPS) is 10.6. The number of rotatable bonds is 6. The van der Waals surface area contributed by atoms with Gasteiger partial charge >= 0.3 is 5.97 Å². The average Bonchev–Trinajstić information content (AvgIpc) is 3.24. The van der Waals surface area contributed by atoms with Crippen molar-refractivity contribution in [3.63, 3.8) is 0 Å². The first-order chi connectivity index (χ1) is 13.0. The highest BCUT2D eigenvalue weighted by Gasteiger charge is 2.22. The van der Waals surface area contributed by atoms with Crippen LogP contribution in [0.25, 0.3) is 0 Å². The van der Waals surface area contributed by atoms with Gasteiger partial charge in [-0.25, -0.2) is 4.79 Å². The number of amides is 1. The van der Waals surface area contributed by atoms with E-state index >= 15 is 0 Å². The molecule has 0 aliphatic rings. The number of esters is 1. The van der Waals surface area contributed by atoms with Gasteiger partial charge < -0.3 is 15.0 Å². The standard InChI is InChI=1S/C19H21N5O3/c1-12-16(19(26)27-3)13(2)21-17(12)18(25)22-15-8-11-24(23-15)10-7-14-6-4-5-9-20-14/h4-6,8-9,11,21H,7,10H2,1-3H3,(H,22,23,25). The quantitative estimate of drug-likeness (QED) is 0.652. The summed E-state index contributed by atoms with van der Waals surface area (Å²) in [4.78, 5) is 31.6. The highest BCUT2D eigenvalue weighted by atomic mass is 16.5. The third-order valence-electron chi connectivity index (χ3n) is 4.26. The molecule has 0 radical (unpaired) electrons. The van der Waals surface area contributed by atoms with Gasteiger partial charge in [0.15, 0.2) is 5.82 Å². The largest absolute Gasteiger partial charge is 0.465 e. The summed E-state index contributed by atoms with van der Waals surface area (Å²) in [5.74, 6) is -0.396. The van der Waals surface area contributed by atoms with Crippen LogP contribution in [0.1, 0.15) is 37.8 Å². The van der Waals surface area contributed by atoms with Crippen molar-refractivity contribution >= 4 is 17.7 Å². The maximum atomic E-state index is 12.5. The molecular formula is C19H21N5O3. The van der Waals surface area contributed by atoms with Crippen LogP contribution < -0.4 is 5.32 Å². The third-order valence-corrected chi connectivity index (χ3v) is 4.26. The van der Waals surface area contributed by atoms with Crippen LogP contribution in [0.5, 0.6) is 0 Å². The van der Waals surface area contributed by atoms with Crippen molar-refractivity contribution < 1.29 is 14.3 Å². The van der Waals surface area contributed by atoms with Gasteiger partial charge in [-0.05, 0) is 31.5 Å². The molecule has 3 rings (SSSR count). The fraction of sp³-hybridized carbons (Fsp3) is 0.263. The van der Waals surface area contributed by atoms with E-state index < -0.39 is 5.97 Å². The van der Waals surface area contributed by atoms with Gasteiger partial charge in [-0.2, -0.15) is 5.10 Å². The van der Waals surface area contributed by atoms with E-state index in [9.17, 15) is 9.59 Å². The molecule has 3 heterocycles. The first-order valence-electron chi connectivity index (χ1n) is 8.51. The molecule has 0 aliphatic heterocycles. The van der Waals surface area contributed by atoms with Gasteiger partial charge in [0.05, 0.1) is 12.7 Å². The highest BCUT2D eigenvalue weighted by molar-refractivity contribution is 6.06. The van der Waals surface area contributed by atoms with Gasteiger partial charge in [0.2, 0.25) is 0 Å². The van der Waals surface area contributed by atoms with Crippen LogP contribution in [0.2, 0.25) is 0 Å². The van der Waals surface area contributed by atoms with E-state index in [2.05, 4.69) is 20.4 Å². The Hall–Kier alpha value is -3.42. The first-order valence-corrected chi connectivity index (χ1v) is 8.51. The van der Waals surface area contributed by atoms with E-state index in [0.29, 0.717) is 34.9 Å². The Morgan fingerprint density at radius 2 is 2.07 bits per heavy atom. The third kappa shape index (κ3) is 4.05. The molecule has 0 aliphatic carbocycles. The van der Waals surface area contributed by atoms with Crippen LogP contribution in [-0.4, -0.2) is 38.7 Å². The lowest BCUT2D eigenvalue weighted by Gasteiger charge is -2.03. The average molecular weight is 367 g/mol. The molecule has 0 saturated carbocycles. The molecule has 140 valence electrons. The van der Waals surface area contributed by atoms with Crippen molar-refractivity contribution in [1.82, 2.24) is 19.7 Å². The molecule has 0 saturated heterocycles. The Kier molecular flexibility index (Phi) is 5.35. The molecule has 1 amide bonds. The molecule has 0 unspecified atom stereocenters. The number of nitrogens with zero attached hydrogens (tertiary/aromatic N) is 3. The Morgan fingerprint density at radius 1 is 1.26 bits per heavy atom. The minimum absolute atomic E-state index is 0.316. The van der Waals surface area contributed by atoms with Gasteiger partial charge in [-0.3, -0.25) is 14.5 Å². The van der Waals surface area contributed by atoms with Gasteiger partial charge in [0.1, 0.15) is 5.69 Å². The number of H-pyrrole nitrogens is 1. The van der Waals surface area contributed by atoms with Crippen LogP contribution in [0, 0.1) is 13.8 Å². The highest BCUT2D eigenvalue weighted by Crippen LogP contribution is 2.19. The van der Waals surface area contributed by atoms with Gasteiger partial charge in [0, 0.05) is 42.8 Å². The van der Waals surface area contributed by atoms with Crippen molar-refractivity contribution in [3.05, 3.63) is 64.9 Å². The molecule has 0 bridgehead atoms. The fourth-order valence-electron chi connectivity index (χ4n) is 2.89. The number of methoxy groups -OCH3 is 1. The first kappa shape index (κ1) is 18.4. The smallest absolute Gasteiger partial charge is 0.339 e. The molecule has 2 N–H and O–H groups in total. The predicted molar refractivity (Wildman–Crippen MR) is 99.7 cm³/mol. The summed E-state index contributed by atoms with van der Waals surface area (Å²) < 4.78 is 6.51. The number of carbonyl (C=O) groups is 2. The van der Waals surface area contributed by atoms with Crippen LogP contribution in [0.4, 0.5) is 5.82 Å². The zero-order valence-electron chi connectivity index (χ0n) is 15.4. The summed E-state index contributed by atoms with van der Waals surface area (Å²) in [6.45, 7) is 4.08. The Morgan fingerprint density at radius 3 is 2.78 bits per heavy atom. The van der Waals surface area contributed by atoms with Crippen molar-refractivity contribution in [2.75, 3.05) is 12.4 Å². The number of carbonyl (C=O) groups excluding carboxylic acids is 2.